The summed E-state index contributed by atoms with van der Waals surface area (Å²) in [6.07, 6.45) is 4.57. The van der Waals surface area contributed by atoms with Gasteiger partial charge in [-0.2, -0.15) is 10.4 Å². The fourth-order valence-corrected chi connectivity index (χ4v) is 2.18. The zero-order valence-corrected chi connectivity index (χ0v) is 13.2. The first-order valence-corrected chi connectivity index (χ1v) is 7.67. The van der Waals surface area contributed by atoms with E-state index in [4.69, 9.17) is 0 Å². The van der Waals surface area contributed by atoms with Crippen LogP contribution in [0.15, 0.2) is 0 Å². The molecule has 0 aliphatic heterocycles. The van der Waals surface area contributed by atoms with Crippen LogP contribution in [0.4, 0.5) is 0 Å². The lowest BCUT2D eigenvalue weighted by Crippen LogP contribution is -2.41. The fourth-order valence-electron chi connectivity index (χ4n) is 2.18. The highest BCUT2D eigenvalue weighted by atomic mass is 15.3. The summed E-state index contributed by atoms with van der Waals surface area (Å²) in [7, 11) is 0. The Bertz CT molecular complexity index is 446. The van der Waals surface area contributed by atoms with Crippen LogP contribution in [0.25, 0.3) is 0 Å². The van der Waals surface area contributed by atoms with Crippen molar-refractivity contribution in [3.63, 3.8) is 0 Å². The van der Waals surface area contributed by atoms with E-state index in [0.717, 1.165) is 56.8 Å². The summed E-state index contributed by atoms with van der Waals surface area (Å²) in [4.78, 5) is 4.50. The van der Waals surface area contributed by atoms with Crippen LogP contribution in [0.3, 0.4) is 0 Å². The van der Waals surface area contributed by atoms with Gasteiger partial charge >= 0.3 is 0 Å². The standard InChI is InChI=1S/C15H27N5/c1-5-10-17-15(4,12-16)9-8-11-20-14(7-3)18-13(6-2)19-20/h17H,5-11H2,1-4H3. The molecule has 5 heteroatoms. The summed E-state index contributed by atoms with van der Waals surface area (Å²) in [5.74, 6) is 1.95. The van der Waals surface area contributed by atoms with Gasteiger partial charge in [0.1, 0.15) is 11.4 Å². The molecule has 0 spiro atoms. The molecule has 0 aliphatic carbocycles. The molecule has 0 aliphatic rings. The second-order valence-electron chi connectivity index (χ2n) is 5.35. The number of aromatic nitrogens is 3. The number of aryl methyl sites for hydroxylation is 3. The number of hydrogen-bond donors (Lipinski definition) is 1. The summed E-state index contributed by atoms with van der Waals surface area (Å²) >= 11 is 0. The third kappa shape index (κ3) is 4.61. The lowest BCUT2D eigenvalue weighted by molar-refractivity contribution is 0.386. The number of rotatable bonds is 9. The monoisotopic (exact) mass is 277 g/mol. The molecule has 0 amide bonds. The maximum Gasteiger partial charge on any atom is 0.150 e. The molecule has 1 rings (SSSR count). The highest BCUT2D eigenvalue weighted by molar-refractivity contribution is 5.03. The van der Waals surface area contributed by atoms with Crippen LogP contribution in [0.5, 0.6) is 0 Å². The van der Waals surface area contributed by atoms with Gasteiger partial charge in [0.2, 0.25) is 0 Å². The summed E-state index contributed by atoms with van der Waals surface area (Å²) in [5.41, 5.74) is -0.434. The van der Waals surface area contributed by atoms with Crippen LogP contribution in [-0.4, -0.2) is 26.8 Å². The Kier molecular flexibility index (Phi) is 6.66. The van der Waals surface area contributed by atoms with E-state index < -0.39 is 5.54 Å². The molecule has 1 N–H and O–H groups in total. The molecule has 1 unspecified atom stereocenters. The summed E-state index contributed by atoms with van der Waals surface area (Å²) in [6, 6.07) is 2.39. The maximum atomic E-state index is 9.30. The zero-order valence-electron chi connectivity index (χ0n) is 13.2. The van der Waals surface area contributed by atoms with Gasteiger partial charge in [-0.05, 0) is 32.7 Å². The highest BCUT2D eigenvalue weighted by Crippen LogP contribution is 2.13. The van der Waals surface area contributed by atoms with Crippen molar-refractivity contribution in [1.82, 2.24) is 20.1 Å². The molecule has 0 saturated carbocycles. The van der Waals surface area contributed by atoms with Crippen molar-refractivity contribution in [3.05, 3.63) is 11.6 Å². The van der Waals surface area contributed by atoms with Crippen LogP contribution in [0.1, 0.15) is 58.6 Å². The zero-order chi connectivity index (χ0) is 15.0. The average Bonchev–Trinajstić information content (AvgIpc) is 2.87. The number of hydrogen-bond acceptors (Lipinski definition) is 4. The number of nitrogens with zero attached hydrogens (tertiary/aromatic N) is 4. The molecule has 20 heavy (non-hydrogen) atoms. The van der Waals surface area contributed by atoms with Crippen molar-refractivity contribution in [1.29, 1.82) is 5.26 Å². The van der Waals surface area contributed by atoms with Crippen LogP contribution in [0, 0.1) is 11.3 Å². The molecule has 0 radical (unpaired) electrons. The number of nitrogens with one attached hydrogen (secondary N) is 1. The van der Waals surface area contributed by atoms with E-state index in [-0.39, 0.29) is 0 Å². The minimum atomic E-state index is -0.434. The summed E-state index contributed by atoms with van der Waals surface area (Å²) in [5, 5.41) is 17.1. The Balaban J connectivity index is 2.54. The van der Waals surface area contributed by atoms with Gasteiger partial charge in [0.05, 0.1) is 6.07 Å². The first-order valence-electron chi connectivity index (χ1n) is 7.67. The van der Waals surface area contributed by atoms with Gasteiger partial charge in [-0.1, -0.05) is 20.8 Å². The topological polar surface area (TPSA) is 66.5 Å². The first kappa shape index (κ1) is 16.6. The van der Waals surface area contributed by atoms with Gasteiger partial charge in [-0.25, -0.2) is 9.67 Å². The SMILES string of the molecule is CCCNC(C)(C#N)CCCn1nc(CC)nc1CC. The fraction of sp³-hybridized carbons (Fsp3) is 0.800. The van der Waals surface area contributed by atoms with E-state index >= 15 is 0 Å². The molecule has 1 aromatic rings. The van der Waals surface area contributed by atoms with Gasteiger partial charge in [-0.3, -0.25) is 5.32 Å². The van der Waals surface area contributed by atoms with Crippen molar-refractivity contribution >= 4 is 0 Å². The quantitative estimate of drug-likeness (QED) is 0.753. The Morgan fingerprint density at radius 1 is 1.30 bits per heavy atom. The van der Waals surface area contributed by atoms with E-state index in [1.165, 1.54) is 0 Å². The van der Waals surface area contributed by atoms with Gasteiger partial charge < -0.3 is 0 Å². The minimum absolute atomic E-state index is 0.434. The van der Waals surface area contributed by atoms with Crippen LogP contribution < -0.4 is 5.32 Å². The Hall–Kier alpha value is -1.41. The Labute approximate surface area is 122 Å². The number of nitriles is 1. The van der Waals surface area contributed by atoms with Crippen LogP contribution in [0.2, 0.25) is 0 Å². The molecular formula is C15H27N5. The van der Waals surface area contributed by atoms with E-state index in [9.17, 15) is 5.26 Å². The molecule has 1 heterocycles. The van der Waals surface area contributed by atoms with Crippen molar-refractivity contribution in [2.45, 2.75) is 71.9 Å². The lowest BCUT2D eigenvalue weighted by atomic mass is 9.97. The average molecular weight is 277 g/mol. The van der Waals surface area contributed by atoms with Crippen molar-refractivity contribution in [3.8, 4) is 6.07 Å². The highest BCUT2D eigenvalue weighted by Gasteiger charge is 2.22. The lowest BCUT2D eigenvalue weighted by Gasteiger charge is -2.23. The molecule has 0 fully saturated rings. The first-order chi connectivity index (χ1) is 9.58. The van der Waals surface area contributed by atoms with Crippen molar-refractivity contribution < 1.29 is 0 Å². The normalized spacial score (nSPS) is 13.9. The van der Waals surface area contributed by atoms with Gasteiger partial charge in [0.25, 0.3) is 0 Å². The molecule has 0 saturated heterocycles. The molecule has 0 aromatic carbocycles. The van der Waals surface area contributed by atoms with E-state index in [0.29, 0.717) is 0 Å². The van der Waals surface area contributed by atoms with Gasteiger partial charge in [0.15, 0.2) is 5.82 Å². The predicted octanol–water partition coefficient (Wildman–Crippen LogP) is 2.46. The summed E-state index contributed by atoms with van der Waals surface area (Å²) < 4.78 is 2.00. The molecular weight excluding hydrogens is 250 g/mol. The van der Waals surface area contributed by atoms with Crippen LogP contribution in [-0.2, 0) is 19.4 Å². The predicted molar refractivity (Wildman–Crippen MR) is 80.3 cm³/mol. The largest absolute Gasteiger partial charge is 0.300 e. The van der Waals surface area contributed by atoms with Gasteiger partial charge in [0, 0.05) is 19.4 Å². The second-order valence-corrected chi connectivity index (χ2v) is 5.35. The molecule has 0 bridgehead atoms. The van der Waals surface area contributed by atoms with E-state index in [2.05, 4.69) is 42.2 Å². The molecule has 1 atom stereocenters. The van der Waals surface area contributed by atoms with Gasteiger partial charge in [-0.15, -0.1) is 0 Å². The van der Waals surface area contributed by atoms with Crippen molar-refractivity contribution in [2.24, 2.45) is 0 Å². The molecule has 112 valence electrons. The molecule has 1 aromatic heterocycles. The van der Waals surface area contributed by atoms with Crippen LogP contribution >= 0.6 is 0 Å². The smallest absolute Gasteiger partial charge is 0.150 e. The summed E-state index contributed by atoms with van der Waals surface area (Å²) in [6.45, 7) is 9.97. The van der Waals surface area contributed by atoms with Crippen molar-refractivity contribution in [2.75, 3.05) is 6.54 Å². The molecule has 5 nitrogen and oxygen atoms in total. The van der Waals surface area contributed by atoms with E-state index in [1.807, 2.05) is 11.6 Å². The minimum Gasteiger partial charge on any atom is -0.300 e. The maximum absolute atomic E-state index is 9.30. The Morgan fingerprint density at radius 2 is 2.05 bits per heavy atom. The third-order valence-corrected chi connectivity index (χ3v) is 3.48. The third-order valence-electron chi connectivity index (χ3n) is 3.48. The Morgan fingerprint density at radius 3 is 2.60 bits per heavy atom. The second kappa shape index (κ2) is 8.01. The van der Waals surface area contributed by atoms with E-state index in [1.54, 1.807) is 0 Å².